The van der Waals surface area contributed by atoms with Crippen molar-refractivity contribution in [2.75, 3.05) is 5.75 Å². The Morgan fingerprint density at radius 2 is 2.29 bits per heavy atom. The highest BCUT2D eigenvalue weighted by atomic mass is 35.5. The van der Waals surface area contributed by atoms with Gasteiger partial charge < -0.3 is 4.98 Å². The van der Waals surface area contributed by atoms with Crippen LogP contribution in [0.1, 0.15) is 5.69 Å². The first-order chi connectivity index (χ1) is 6.59. The van der Waals surface area contributed by atoms with E-state index in [1.165, 1.54) is 4.57 Å². The standard InChI is InChI=1S/C8H9ClN2O2S/c1-4-6(9)7(12)11(8(13)10-4)2-5-3-14-5/h5H,2-3H2,1H3,(H,10,13). The molecule has 1 aromatic rings. The van der Waals surface area contributed by atoms with Crippen LogP contribution in [-0.2, 0) is 6.54 Å². The molecular weight excluding hydrogens is 224 g/mol. The molecule has 1 aliphatic rings. The molecule has 1 aliphatic heterocycles. The van der Waals surface area contributed by atoms with Crippen molar-refractivity contribution in [3.63, 3.8) is 0 Å². The van der Waals surface area contributed by atoms with Gasteiger partial charge in [-0.3, -0.25) is 9.36 Å². The van der Waals surface area contributed by atoms with Gasteiger partial charge in [-0.25, -0.2) is 4.79 Å². The quantitative estimate of drug-likeness (QED) is 0.761. The van der Waals surface area contributed by atoms with Gasteiger partial charge in [-0.1, -0.05) is 11.6 Å². The molecule has 0 aromatic carbocycles. The lowest BCUT2D eigenvalue weighted by molar-refractivity contribution is 0.642. The van der Waals surface area contributed by atoms with Crippen molar-refractivity contribution < 1.29 is 0 Å². The van der Waals surface area contributed by atoms with E-state index < -0.39 is 0 Å². The highest BCUT2D eigenvalue weighted by Crippen LogP contribution is 2.30. The number of H-pyrrole nitrogens is 1. The number of nitrogens with one attached hydrogen (secondary N) is 1. The molecule has 4 nitrogen and oxygen atoms in total. The van der Waals surface area contributed by atoms with Crippen LogP contribution in [-0.4, -0.2) is 20.6 Å². The van der Waals surface area contributed by atoms with Crippen LogP contribution >= 0.6 is 23.4 Å². The largest absolute Gasteiger partial charge is 0.328 e. The van der Waals surface area contributed by atoms with E-state index in [1.54, 1.807) is 18.7 Å². The smallest absolute Gasteiger partial charge is 0.310 e. The zero-order valence-corrected chi connectivity index (χ0v) is 9.11. The van der Waals surface area contributed by atoms with E-state index in [1.807, 2.05) is 0 Å². The SMILES string of the molecule is Cc1[nH]c(=O)n(CC2CS2)c(=O)c1Cl. The van der Waals surface area contributed by atoms with Crippen LogP contribution in [0.25, 0.3) is 0 Å². The third kappa shape index (κ3) is 1.74. The molecule has 1 saturated heterocycles. The third-order valence-electron chi connectivity index (χ3n) is 2.09. The maximum absolute atomic E-state index is 11.6. The molecule has 6 heteroatoms. The minimum atomic E-state index is -0.389. The summed E-state index contributed by atoms with van der Waals surface area (Å²) in [5.41, 5.74) is -0.328. The Morgan fingerprint density at radius 1 is 1.64 bits per heavy atom. The number of hydrogen-bond donors (Lipinski definition) is 1. The number of rotatable bonds is 2. The van der Waals surface area contributed by atoms with E-state index >= 15 is 0 Å². The molecule has 1 atom stereocenters. The summed E-state index contributed by atoms with van der Waals surface area (Å²) in [7, 11) is 0. The van der Waals surface area contributed by atoms with Gasteiger partial charge in [-0.05, 0) is 6.92 Å². The van der Waals surface area contributed by atoms with Crippen molar-refractivity contribution in [1.29, 1.82) is 0 Å². The van der Waals surface area contributed by atoms with E-state index in [9.17, 15) is 9.59 Å². The number of aromatic amines is 1. The Balaban J connectivity index is 2.52. The number of aromatic nitrogens is 2. The second kappa shape index (κ2) is 3.47. The Morgan fingerprint density at radius 3 is 2.86 bits per heavy atom. The summed E-state index contributed by atoms with van der Waals surface area (Å²) in [4.78, 5) is 25.5. The molecule has 1 fully saturated rings. The van der Waals surface area contributed by atoms with Gasteiger partial charge in [0.15, 0.2) is 0 Å². The fraction of sp³-hybridized carbons (Fsp3) is 0.500. The number of thioether (sulfide) groups is 1. The number of halogens is 1. The van der Waals surface area contributed by atoms with E-state index in [2.05, 4.69) is 4.98 Å². The Labute approximate surface area is 89.3 Å². The van der Waals surface area contributed by atoms with Crippen molar-refractivity contribution in [3.8, 4) is 0 Å². The summed E-state index contributed by atoms with van der Waals surface area (Å²) in [5, 5.41) is 0.503. The first kappa shape index (κ1) is 9.86. The minimum Gasteiger partial charge on any atom is -0.310 e. The molecule has 2 rings (SSSR count). The maximum atomic E-state index is 11.6. The summed E-state index contributed by atoms with van der Waals surface area (Å²) in [6, 6.07) is 0. The van der Waals surface area contributed by atoms with Crippen molar-refractivity contribution >= 4 is 23.4 Å². The molecule has 1 unspecified atom stereocenters. The van der Waals surface area contributed by atoms with Crippen LogP contribution < -0.4 is 11.2 Å². The van der Waals surface area contributed by atoms with E-state index in [0.29, 0.717) is 17.5 Å². The second-order valence-electron chi connectivity index (χ2n) is 3.24. The average molecular weight is 233 g/mol. The fourth-order valence-electron chi connectivity index (χ4n) is 1.20. The maximum Gasteiger partial charge on any atom is 0.328 e. The Kier molecular flexibility index (Phi) is 2.45. The normalized spacial score (nSPS) is 19.7. The summed E-state index contributed by atoms with van der Waals surface area (Å²) in [5.74, 6) is 1.01. The lowest BCUT2D eigenvalue weighted by Gasteiger charge is -2.04. The molecule has 2 heterocycles. The first-order valence-electron chi connectivity index (χ1n) is 4.20. The van der Waals surface area contributed by atoms with Gasteiger partial charge in [0.2, 0.25) is 0 Å². The lowest BCUT2D eigenvalue weighted by atomic mass is 10.4. The van der Waals surface area contributed by atoms with E-state index in [4.69, 9.17) is 11.6 Å². The zero-order chi connectivity index (χ0) is 10.3. The van der Waals surface area contributed by atoms with Crippen molar-refractivity contribution in [3.05, 3.63) is 31.6 Å². The Bertz CT molecular complexity index is 475. The Hall–Kier alpha value is -0.680. The zero-order valence-electron chi connectivity index (χ0n) is 7.54. The molecule has 14 heavy (non-hydrogen) atoms. The molecule has 0 spiro atoms. The number of aryl methyl sites for hydroxylation is 1. The summed E-state index contributed by atoms with van der Waals surface area (Å²) >= 11 is 7.48. The number of nitrogens with zero attached hydrogens (tertiary/aromatic N) is 1. The summed E-state index contributed by atoms with van der Waals surface area (Å²) in [6.45, 7) is 2.07. The van der Waals surface area contributed by atoms with Crippen LogP contribution in [0.5, 0.6) is 0 Å². The predicted molar refractivity (Wildman–Crippen MR) is 57.3 cm³/mol. The van der Waals surface area contributed by atoms with E-state index in [0.717, 1.165) is 5.75 Å². The summed E-state index contributed by atoms with van der Waals surface area (Å²) < 4.78 is 1.17. The average Bonchev–Trinajstić information content (AvgIpc) is 2.92. The molecule has 1 aromatic heterocycles. The van der Waals surface area contributed by atoms with Gasteiger partial charge in [-0.2, -0.15) is 11.8 Å². The molecule has 0 amide bonds. The van der Waals surface area contributed by atoms with E-state index in [-0.39, 0.29) is 16.3 Å². The van der Waals surface area contributed by atoms with Crippen molar-refractivity contribution in [1.82, 2.24) is 9.55 Å². The van der Waals surface area contributed by atoms with Gasteiger partial charge in [0.25, 0.3) is 5.56 Å². The van der Waals surface area contributed by atoms with Crippen LogP contribution in [0.3, 0.4) is 0 Å². The van der Waals surface area contributed by atoms with Gasteiger partial charge in [0.1, 0.15) is 5.02 Å². The summed E-state index contributed by atoms with van der Waals surface area (Å²) in [6.07, 6.45) is 0. The molecule has 1 N–H and O–H groups in total. The third-order valence-corrected chi connectivity index (χ3v) is 3.49. The van der Waals surface area contributed by atoms with Crippen LogP contribution in [0.4, 0.5) is 0 Å². The minimum absolute atomic E-state index is 0.107. The van der Waals surface area contributed by atoms with Crippen molar-refractivity contribution in [2.45, 2.75) is 18.7 Å². The molecule has 76 valence electrons. The van der Waals surface area contributed by atoms with Gasteiger partial charge >= 0.3 is 5.69 Å². The molecular formula is C8H9ClN2O2S. The molecule has 0 aliphatic carbocycles. The van der Waals surface area contributed by atoms with Crippen molar-refractivity contribution in [2.24, 2.45) is 0 Å². The fourth-order valence-corrected chi connectivity index (χ4v) is 1.84. The highest BCUT2D eigenvalue weighted by Gasteiger charge is 2.24. The van der Waals surface area contributed by atoms with Gasteiger partial charge in [-0.15, -0.1) is 0 Å². The first-order valence-corrected chi connectivity index (χ1v) is 5.63. The lowest BCUT2D eigenvalue weighted by Crippen LogP contribution is -2.37. The van der Waals surface area contributed by atoms with Crippen LogP contribution in [0.2, 0.25) is 5.02 Å². The van der Waals surface area contributed by atoms with Gasteiger partial charge in [0, 0.05) is 23.2 Å². The van der Waals surface area contributed by atoms with Crippen LogP contribution in [0.15, 0.2) is 9.59 Å². The molecule has 0 saturated carbocycles. The topological polar surface area (TPSA) is 54.9 Å². The predicted octanol–water partition coefficient (Wildman–Crippen LogP) is 0.614. The van der Waals surface area contributed by atoms with Crippen LogP contribution in [0, 0.1) is 6.92 Å². The second-order valence-corrected chi connectivity index (χ2v) is 4.95. The molecule has 0 bridgehead atoms. The van der Waals surface area contributed by atoms with Gasteiger partial charge in [0.05, 0.1) is 0 Å². The molecule has 0 radical (unpaired) electrons. The highest BCUT2D eigenvalue weighted by molar-refractivity contribution is 8.06. The number of hydrogen-bond acceptors (Lipinski definition) is 3. The monoisotopic (exact) mass is 232 g/mol.